The minimum Gasteiger partial charge on any atom is -0.338 e. The molecule has 4 heteroatoms. The summed E-state index contributed by atoms with van der Waals surface area (Å²) in [5.74, 6) is -0.107. The number of benzene rings is 2. The summed E-state index contributed by atoms with van der Waals surface area (Å²) in [7, 11) is 0. The lowest BCUT2D eigenvalue weighted by molar-refractivity contribution is -0.129. The minimum absolute atomic E-state index is 0.0277. The number of aryl methyl sites for hydroxylation is 2. The van der Waals surface area contributed by atoms with Crippen molar-refractivity contribution in [2.24, 2.45) is 0 Å². The zero-order chi connectivity index (χ0) is 18.4. The standard InChI is InChI=1S/C21H26N2O2/c1-15-8-10-19(11-9-15)14-23(18(4)24)13-12-21(25)22-20-7-5-6-16(2)17(20)3/h5-11H,12-14H2,1-4H3,(H,22,25). The van der Waals surface area contributed by atoms with Gasteiger partial charge >= 0.3 is 0 Å². The highest BCUT2D eigenvalue weighted by Gasteiger charge is 2.13. The van der Waals surface area contributed by atoms with Crippen molar-refractivity contribution in [3.8, 4) is 0 Å². The highest BCUT2D eigenvalue weighted by molar-refractivity contribution is 5.92. The zero-order valence-electron chi connectivity index (χ0n) is 15.4. The number of rotatable bonds is 6. The van der Waals surface area contributed by atoms with E-state index >= 15 is 0 Å². The van der Waals surface area contributed by atoms with E-state index in [1.54, 1.807) is 4.90 Å². The van der Waals surface area contributed by atoms with Crippen LogP contribution in [-0.2, 0) is 16.1 Å². The van der Waals surface area contributed by atoms with E-state index < -0.39 is 0 Å². The van der Waals surface area contributed by atoms with Gasteiger partial charge in [-0.15, -0.1) is 0 Å². The maximum absolute atomic E-state index is 12.3. The van der Waals surface area contributed by atoms with Gasteiger partial charge in [0, 0.05) is 32.1 Å². The van der Waals surface area contributed by atoms with Crippen LogP contribution in [0.4, 0.5) is 5.69 Å². The fourth-order valence-electron chi connectivity index (χ4n) is 2.60. The summed E-state index contributed by atoms with van der Waals surface area (Å²) in [6, 6.07) is 13.9. The Hall–Kier alpha value is -2.62. The smallest absolute Gasteiger partial charge is 0.226 e. The Morgan fingerprint density at radius 3 is 2.32 bits per heavy atom. The SMILES string of the molecule is CC(=O)N(CCC(=O)Nc1cccc(C)c1C)Cc1ccc(C)cc1. The van der Waals surface area contributed by atoms with Crippen LogP contribution in [0.3, 0.4) is 0 Å². The van der Waals surface area contributed by atoms with Gasteiger partial charge in [0.05, 0.1) is 0 Å². The van der Waals surface area contributed by atoms with E-state index in [0.29, 0.717) is 13.1 Å². The van der Waals surface area contributed by atoms with Gasteiger partial charge in [0.15, 0.2) is 0 Å². The average molecular weight is 338 g/mol. The van der Waals surface area contributed by atoms with Crippen LogP contribution in [0.2, 0.25) is 0 Å². The lowest BCUT2D eigenvalue weighted by atomic mass is 10.1. The van der Waals surface area contributed by atoms with Gasteiger partial charge in [0.2, 0.25) is 11.8 Å². The summed E-state index contributed by atoms with van der Waals surface area (Å²) in [5, 5.41) is 2.94. The molecule has 4 nitrogen and oxygen atoms in total. The highest BCUT2D eigenvalue weighted by Crippen LogP contribution is 2.18. The minimum atomic E-state index is -0.0798. The van der Waals surface area contributed by atoms with E-state index in [0.717, 1.165) is 22.4 Å². The molecule has 0 atom stereocenters. The fraction of sp³-hybridized carbons (Fsp3) is 0.333. The molecule has 0 saturated heterocycles. The van der Waals surface area contributed by atoms with Crippen LogP contribution in [-0.4, -0.2) is 23.3 Å². The lowest BCUT2D eigenvalue weighted by Crippen LogP contribution is -2.31. The Bertz CT molecular complexity index is 751. The van der Waals surface area contributed by atoms with Gasteiger partial charge in [-0.2, -0.15) is 0 Å². The molecular formula is C21H26N2O2. The molecule has 0 aliphatic rings. The monoisotopic (exact) mass is 338 g/mol. The molecule has 0 spiro atoms. The summed E-state index contributed by atoms with van der Waals surface area (Å²) in [6.07, 6.45) is 0.277. The largest absolute Gasteiger partial charge is 0.338 e. The molecule has 25 heavy (non-hydrogen) atoms. The van der Waals surface area contributed by atoms with Crippen molar-refractivity contribution in [3.63, 3.8) is 0 Å². The van der Waals surface area contributed by atoms with Crippen LogP contribution in [0.15, 0.2) is 42.5 Å². The van der Waals surface area contributed by atoms with Crippen LogP contribution in [0.25, 0.3) is 0 Å². The number of anilines is 1. The molecular weight excluding hydrogens is 312 g/mol. The third-order valence-corrected chi connectivity index (χ3v) is 4.43. The first-order valence-corrected chi connectivity index (χ1v) is 8.54. The molecule has 0 saturated carbocycles. The van der Waals surface area contributed by atoms with Gasteiger partial charge in [-0.1, -0.05) is 42.0 Å². The molecule has 2 aromatic carbocycles. The number of amides is 2. The normalized spacial score (nSPS) is 10.4. The van der Waals surface area contributed by atoms with Gasteiger partial charge in [-0.3, -0.25) is 9.59 Å². The summed E-state index contributed by atoms with van der Waals surface area (Å²) in [4.78, 5) is 25.8. The number of carbonyl (C=O) groups excluding carboxylic acids is 2. The fourth-order valence-corrected chi connectivity index (χ4v) is 2.60. The molecule has 0 bridgehead atoms. The van der Waals surface area contributed by atoms with Gasteiger partial charge in [-0.05, 0) is 43.5 Å². The van der Waals surface area contributed by atoms with Gasteiger partial charge < -0.3 is 10.2 Å². The Morgan fingerprint density at radius 2 is 1.68 bits per heavy atom. The topological polar surface area (TPSA) is 49.4 Å². The predicted molar refractivity (Wildman–Crippen MR) is 101 cm³/mol. The molecule has 2 aromatic rings. The highest BCUT2D eigenvalue weighted by atomic mass is 16.2. The second kappa shape index (κ2) is 8.47. The summed E-state index contributed by atoms with van der Waals surface area (Å²) in [6.45, 7) is 8.50. The zero-order valence-corrected chi connectivity index (χ0v) is 15.4. The summed E-state index contributed by atoms with van der Waals surface area (Å²) >= 11 is 0. The second-order valence-electron chi connectivity index (χ2n) is 6.47. The number of nitrogens with zero attached hydrogens (tertiary/aromatic N) is 1. The van der Waals surface area contributed by atoms with Crippen LogP contribution >= 0.6 is 0 Å². The van der Waals surface area contributed by atoms with E-state index in [-0.39, 0.29) is 18.2 Å². The van der Waals surface area contributed by atoms with Crippen molar-refractivity contribution in [2.45, 2.75) is 40.7 Å². The average Bonchev–Trinajstić information content (AvgIpc) is 2.57. The van der Waals surface area contributed by atoms with Crippen molar-refractivity contribution >= 4 is 17.5 Å². The molecule has 0 radical (unpaired) electrons. The Labute approximate surface area is 149 Å². The number of nitrogens with one attached hydrogen (secondary N) is 1. The van der Waals surface area contributed by atoms with E-state index in [2.05, 4.69) is 5.32 Å². The number of carbonyl (C=O) groups is 2. The first-order valence-electron chi connectivity index (χ1n) is 8.54. The van der Waals surface area contributed by atoms with E-state index in [9.17, 15) is 9.59 Å². The molecule has 0 aromatic heterocycles. The van der Waals surface area contributed by atoms with Crippen molar-refractivity contribution in [1.29, 1.82) is 0 Å². The maximum atomic E-state index is 12.3. The Balaban J connectivity index is 1.94. The molecule has 0 aliphatic heterocycles. The first kappa shape index (κ1) is 18.7. The predicted octanol–water partition coefficient (Wildman–Crippen LogP) is 3.99. The maximum Gasteiger partial charge on any atom is 0.226 e. The summed E-state index contributed by atoms with van der Waals surface area (Å²) < 4.78 is 0. The van der Waals surface area contributed by atoms with Crippen molar-refractivity contribution in [2.75, 3.05) is 11.9 Å². The van der Waals surface area contributed by atoms with Crippen molar-refractivity contribution in [1.82, 2.24) is 4.90 Å². The van der Waals surface area contributed by atoms with Gasteiger partial charge in [0.25, 0.3) is 0 Å². The Kier molecular flexibility index (Phi) is 6.34. The third-order valence-electron chi connectivity index (χ3n) is 4.43. The quantitative estimate of drug-likeness (QED) is 0.866. The van der Waals surface area contributed by atoms with Crippen LogP contribution in [0, 0.1) is 20.8 Å². The van der Waals surface area contributed by atoms with Crippen LogP contribution < -0.4 is 5.32 Å². The van der Waals surface area contributed by atoms with Gasteiger partial charge in [0.1, 0.15) is 0 Å². The second-order valence-corrected chi connectivity index (χ2v) is 6.47. The molecule has 0 aliphatic carbocycles. The lowest BCUT2D eigenvalue weighted by Gasteiger charge is -2.21. The first-order chi connectivity index (χ1) is 11.9. The van der Waals surface area contributed by atoms with Gasteiger partial charge in [-0.25, -0.2) is 0 Å². The number of hydrogen-bond acceptors (Lipinski definition) is 2. The molecule has 0 unspecified atom stereocenters. The van der Waals surface area contributed by atoms with Crippen molar-refractivity contribution in [3.05, 3.63) is 64.7 Å². The molecule has 132 valence electrons. The molecule has 0 fully saturated rings. The van der Waals surface area contributed by atoms with Crippen LogP contribution in [0.5, 0.6) is 0 Å². The Morgan fingerprint density at radius 1 is 1.00 bits per heavy atom. The molecule has 0 heterocycles. The molecule has 2 amide bonds. The van der Waals surface area contributed by atoms with Crippen molar-refractivity contribution < 1.29 is 9.59 Å². The van der Waals surface area contributed by atoms with Crippen LogP contribution in [0.1, 0.15) is 35.6 Å². The third kappa shape index (κ3) is 5.45. The van der Waals surface area contributed by atoms with E-state index in [1.165, 1.54) is 12.5 Å². The molecule has 2 rings (SSSR count). The molecule has 1 N–H and O–H groups in total. The van der Waals surface area contributed by atoms with E-state index in [1.807, 2.05) is 63.2 Å². The number of hydrogen-bond donors (Lipinski definition) is 1. The summed E-state index contributed by atoms with van der Waals surface area (Å²) in [5.41, 5.74) is 5.29. The van der Waals surface area contributed by atoms with E-state index in [4.69, 9.17) is 0 Å².